The van der Waals surface area contributed by atoms with Crippen LogP contribution < -0.4 is 5.32 Å². The molecule has 5 heteroatoms. The van der Waals surface area contributed by atoms with E-state index in [0.29, 0.717) is 23.1 Å². The van der Waals surface area contributed by atoms with Crippen molar-refractivity contribution in [1.29, 1.82) is 0 Å². The maximum absolute atomic E-state index is 9.19. The van der Waals surface area contributed by atoms with Gasteiger partial charge in [-0.3, -0.25) is 0 Å². The number of anilines is 1. The average Bonchev–Trinajstić information content (AvgIpc) is 2.36. The first kappa shape index (κ1) is 13.7. The molecular formula is C12H17N3OS. The molecular weight excluding hydrogens is 234 g/mol. The van der Waals surface area contributed by atoms with Gasteiger partial charge in [-0.25, -0.2) is 9.97 Å². The first-order chi connectivity index (χ1) is 8.21. The second-order valence-corrected chi connectivity index (χ2v) is 4.17. The van der Waals surface area contributed by atoms with Crippen LogP contribution in [0.2, 0.25) is 0 Å². The molecule has 0 unspecified atom stereocenters. The van der Waals surface area contributed by atoms with Gasteiger partial charge < -0.3 is 10.4 Å². The number of rotatable bonds is 6. The van der Waals surface area contributed by atoms with E-state index in [1.54, 1.807) is 6.20 Å². The SMILES string of the molecule is C=C(/C=C\C)CNc1nc(SC)ncc1CO. The maximum atomic E-state index is 9.19. The Kier molecular flexibility index (Phi) is 5.72. The highest BCUT2D eigenvalue weighted by atomic mass is 32.2. The molecule has 0 saturated carbocycles. The molecule has 0 amide bonds. The molecule has 92 valence electrons. The Balaban J connectivity index is 2.77. The van der Waals surface area contributed by atoms with Gasteiger partial charge in [-0.05, 0) is 18.8 Å². The van der Waals surface area contributed by atoms with Gasteiger partial charge >= 0.3 is 0 Å². The number of hydrogen-bond acceptors (Lipinski definition) is 5. The van der Waals surface area contributed by atoms with Crippen molar-refractivity contribution < 1.29 is 5.11 Å². The lowest BCUT2D eigenvalue weighted by molar-refractivity contribution is 0.281. The van der Waals surface area contributed by atoms with Crippen LogP contribution in [0.3, 0.4) is 0 Å². The molecule has 2 N–H and O–H groups in total. The smallest absolute Gasteiger partial charge is 0.189 e. The summed E-state index contributed by atoms with van der Waals surface area (Å²) >= 11 is 1.47. The number of aromatic nitrogens is 2. The number of aliphatic hydroxyl groups excluding tert-OH is 1. The topological polar surface area (TPSA) is 58.0 Å². The van der Waals surface area contributed by atoms with Crippen LogP contribution in [-0.4, -0.2) is 27.9 Å². The first-order valence-corrected chi connectivity index (χ1v) is 6.48. The van der Waals surface area contributed by atoms with Crippen molar-refractivity contribution >= 4 is 17.6 Å². The van der Waals surface area contributed by atoms with Gasteiger partial charge in [0.2, 0.25) is 0 Å². The van der Waals surface area contributed by atoms with E-state index in [4.69, 9.17) is 0 Å². The molecule has 1 aromatic heterocycles. The summed E-state index contributed by atoms with van der Waals surface area (Å²) in [6, 6.07) is 0. The summed E-state index contributed by atoms with van der Waals surface area (Å²) in [5.41, 5.74) is 1.65. The maximum Gasteiger partial charge on any atom is 0.189 e. The minimum absolute atomic E-state index is 0.0763. The largest absolute Gasteiger partial charge is 0.391 e. The molecule has 4 nitrogen and oxygen atoms in total. The molecule has 1 aromatic rings. The highest BCUT2D eigenvalue weighted by molar-refractivity contribution is 7.98. The Morgan fingerprint density at radius 3 is 3.00 bits per heavy atom. The Labute approximate surface area is 106 Å². The molecule has 0 aliphatic heterocycles. The monoisotopic (exact) mass is 251 g/mol. The molecule has 1 rings (SSSR count). The molecule has 0 bridgehead atoms. The number of hydrogen-bond donors (Lipinski definition) is 2. The third-order valence-corrected chi connectivity index (χ3v) is 2.64. The molecule has 0 atom stereocenters. The summed E-state index contributed by atoms with van der Waals surface area (Å²) in [4.78, 5) is 8.42. The molecule has 0 saturated heterocycles. The molecule has 0 aliphatic carbocycles. The predicted octanol–water partition coefficient (Wildman–Crippen LogP) is 2.24. The fraction of sp³-hybridized carbons (Fsp3) is 0.333. The van der Waals surface area contributed by atoms with Crippen molar-refractivity contribution in [3.63, 3.8) is 0 Å². The summed E-state index contributed by atoms with van der Waals surface area (Å²) in [7, 11) is 0. The lowest BCUT2D eigenvalue weighted by Gasteiger charge is -2.10. The quantitative estimate of drug-likeness (QED) is 0.461. The van der Waals surface area contributed by atoms with Crippen LogP contribution in [0.15, 0.2) is 35.7 Å². The van der Waals surface area contributed by atoms with Gasteiger partial charge in [0.05, 0.1) is 6.61 Å². The highest BCUT2D eigenvalue weighted by Gasteiger charge is 2.05. The molecule has 0 fully saturated rings. The van der Waals surface area contributed by atoms with Crippen LogP contribution in [0.25, 0.3) is 0 Å². The van der Waals surface area contributed by atoms with Gasteiger partial charge in [0, 0.05) is 18.3 Å². The van der Waals surface area contributed by atoms with E-state index in [2.05, 4.69) is 21.9 Å². The van der Waals surface area contributed by atoms with Crippen molar-refractivity contribution in [2.45, 2.75) is 18.7 Å². The highest BCUT2D eigenvalue weighted by Crippen LogP contribution is 2.16. The van der Waals surface area contributed by atoms with E-state index >= 15 is 0 Å². The van der Waals surface area contributed by atoms with E-state index in [-0.39, 0.29) is 6.61 Å². The zero-order chi connectivity index (χ0) is 12.7. The molecule has 17 heavy (non-hydrogen) atoms. The molecule has 0 spiro atoms. The van der Waals surface area contributed by atoms with Crippen LogP contribution in [0.1, 0.15) is 12.5 Å². The molecule has 0 radical (unpaired) electrons. The minimum atomic E-state index is -0.0763. The zero-order valence-corrected chi connectivity index (χ0v) is 10.9. The van der Waals surface area contributed by atoms with Gasteiger partial charge in [0.25, 0.3) is 0 Å². The predicted molar refractivity (Wildman–Crippen MR) is 72.2 cm³/mol. The Morgan fingerprint density at radius 1 is 1.65 bits per heavy atom. The third-order valence-electron chi connectivity index (χ3n) is 2.08. The van der Waals surface area contributed by atoms with E-state index in [1.165, 1.54) is 11.8 Å². The van der Waals surface area contributed by atoms with Gasteiger partial charge in [-0.1, -0.05) is 30.5 Å². The molecule has 0 aliphatic rings. The number of allylic oxidation sites excluding steroid dienone is 1. The fourth-order valence-electron chi connectivity index (χ4n) is 1.25. The summed E-state index contributed by atoms with van der Waals surface area (Å²) in [6.07, 6.45) is 7.42. The van der Waals surface area contributed by atoms with Crippen molar-refractivity contribution in [1.82, 2.24) is 9.97 Å². The lowest BCUT2D eigenvalue weighted by Crippen LogP contribution is -2.08. The average molecular weight is 251 g/mol. The number of nitrogens with zero attached hydrogens (tertiary/aromatic N) is 2. The number of nitrogens with one attached hydrogen (secondary N) is 1. The van der Waals surface area contributed by atoms with Gasteiger partial charge in [0.1, 0.15) is 5.82 Å². The normalized spacial score (nSPS) is 10.8. The zero-order valence-electron chi connectivity index (χ0n) is 10.1. The molecule has 0 aromatic carbocycles. The van der Waals surface area contributed by atoms with Crippen molar-refractivity contribution in [3.8, 4) is 0 Å². The Morgan fingerprint density at radius 2 is 2.41 bits per heavy atom. The summed E-state index contributed by atoms with van der Waals surface area (Å²) in [5, 5.41) is 13.0. The van der Waals surface area contributed by atoms with Crippen LogP contribution in [0, 0.1) is 0 Å². The second kappa shape index (κ2) is 7.09. The van der Waals surface area contributed by atoms with Crippen LogP contribution >= 0.6 is 11.8 Å². The van der Waals surface area contributed by atoms with Crippen molar-refractivity contribution in [2.75, 3.05) is 18.1 Å². The third kappa shape index (κ3) is 4.20. The van der Waals surface area contributed by atoms with E-state index in [0.717, 1.165) is 5.57 Å². The summed E-state index contributed by atoms with van der Waals surface area (Å²) in [6.45, 7) is 6.37. The van der Waals surface area contributed by atoms with Crippen LogP contribution in [0.4, 0.5) is 5.82 Å². The van der Waals surface area contributed by atoms with E-state index in [9.17, 15) is 5.11 Å². The van der Waals surface area contributed by atoms with E-state index < -0.39 is 0 Å². The van der Waals surface area contributed by atoms with Crippen molar-refractivity contribution in [3.05, 3.63) is 36.1 Å². The van der Waals surface area contributed by atoms with Crippen molar-refractivity contribution in [2.24, 2.45) is 0 Å². The number of aliphatic hydroxyl groups is 1. The standard InChI is InChI=1S/C12H17N3OS/c1-4-5-9(2)6-13-11-10(8-16)7-14-12(15-11)17-3/h4-5,7,16H,2,6,8H2,1,3H3,(H,13,14,15)/b5-4-. The van der Waals surface area contributed by atoms with Gasteiger partial charge in [0.15, 0.2) is 5.16 Å². The second-order valence-electron chi connectivity index (χ2n) is 3.40. The molecule has 1 heterocycles. The lowest BCUT2D eigenvalue weighted by atomic mass is 10.2. The Hall–Kier alpha value is -1.33. The summed E-state index contributed by atoms with van der Waals surface area (Å²) in [5.74, 6) is 0.664. The first-order valence-electron chi connectivity index (χ1n) is 5.26. The fourth-order valence-corrected chi connectivity index (χ4v) is 1.59. The van der Waals surface area contributed by atoms with Crippen LogP contribution in [0.5, 0.6) is 0 Å². The van der Waals surface area contributed by atoms with Gasteiger partial charge in [-0.15, -0.1) is 0 Å². The number of thioether (sulfide) groups is 1. The van der Waals surface area contributed by atoms with Crippen LogP contribution in [-0.2, 0) is 6.61 Å². The summed E-state index contributed by atoms with van der Waals surface area (Å²) < 4.78 is 0. The van der Waals surface area contributed by atoms with E-state index in [1.807, 2.05) is 25.3 Å². The Bertz CT molecular complexity index is 418. The van der Waals surface area contributed by atoms with Gasteiger partial charge in [-0.2, -0.15) is 0 Å². The minimum Gasteiger partial charge on any atom is -0.391 e.